The van der Waals surface area contributed by atoms with Crippen molar-refractivity contribution in [1.29, 1.82) is 0 Å². The topological polar surface area (TPSA) is 79.2 Å². The van der Waals surface area contributed by atoms with E-state index >= 15 is 0 Å². The zero-order chi connectivity index (χ0) is 12.4. The van der Waals surface area contributed by atoms with E-state index in [4.69, 9.17) is 10.2 Å². The van der Waals surface area contributed by atoms with Crippen LogP contribution < -0.4 is 11.1 Å². The first kappa shape index (κ1) is 11.5. The van der Waals surface area contributed by atoms with Gasteiger partial charge in [-0.25, -0.2) is 9.98 Å². The van der Waals surface area contributed by atoms with Crippen LogP contribution in [-0.2, 0) is 6.54 Å². The fraction of sp³-hybridized carbons (Fsp3) is 0.455. The van der Waals surface area contributed by atoms with E-state index in [-0.39, 0.29) is 6.17 Å². The Balaban J connectivity index is 2.06. The molecule has 1 aromatic heterocycles. The second-order valence-electron chi connectivity index (χ2n) is 4.16. The summed E-state index contributed by atoms with van der Waals surface area (Å²) in [5, 5.41) is 2.95. The fourth-order valence-corrected chi connectivity index (χ4v) is 1.66. The van der Waals surface area contributed by atoms with Crippen molar-refractivity contribution in [2.75, 3.05) is 7.05 Å². The predicted octanol–water partition coefficient (Wildman–Crippen LogP) is 0.640. The summed E-state index contributed by atoms with van der Waals surface area (Å²) in [5.41, 5.74) is 7.93. The van der Waals surface area contributed by atoms with Crippen LogP contribution in [-0.4, -0.2) is 30.0 Å². The molecule has 6 heteroatoms. The van der Waals surface area contributed by atoms with Gasteiger partial charge in [0, 0.05) is 19.2 Å². The first-order valence-corrected chi connectivity index (χ1v) is 5.47. The van der Waals surface area contributed by atoms with Gasteiger partial charge in [-0.2, -0.15) is 0 Å². The van der Waals surface area contributed by atoms with Crippen molar-refractivity contribution in [3.8, 4) is 0 Å². The molecule has 2 heterocycles. The van der Waals surface area contributed by atoms with E-state index in [0.717, 1.165) is 17.1 Å². The number of furan rings is 1. The molecule has 1 aliphatic rings. The van der Waals surface area contributed by atoms with E-state index < -0.39 is 0 Å². The maximum Gasteiger partial charge on any atom is 0.202 e. The summed E-state index contributed by atoms with van der Waals surface area (Å²) in [4.78, 5) is 10.4. The van der Waals surface area contributed by atoms with Crippen LogP contribution >= 0.6 is 0 Å². The summed E-state index contributed by atoms with van der Waals surface area (Å²) >= 11 is 0. The van der Waals surface area contributed by atoms with Gasteiger partial charge in [-0.15, -0.1) is 0 Å². The van der Waals surface area contributed by atoms with E-state index in [9.17, 15) is 0 Å². The van der Waals surface area contributed by atoms with Gasteiger partial charge in [0.15, 0.2) is 5.96 Å². The summed E-state index contributed by atoms with van der Waals surface area (Å²) < 4.78 is 5.14. The first-order valence-electron chi connectivity index (χ1n) is 5.47. The van der Waals surface area contributed by atoms with Gasteiger partial charge in [0.2, 0.25) is 5.96 Å². The average molecular weight is 235 g/mol. The van der Waals surface area contributed by atoms with Gasteiger partial charge in [0.1, 0.15) is 6.17 Å². The summed E-state index contributed by atoms with van der Waals surface area (Å²) in [6, 6.07) is 0. The molecule has 1 atom stereocenters. The van der Waals surface area contributed by atoms with Gasteiger partial charge in [0.25, 0.3) is 0 Å². The molecule has 1 unspecified atom stereocenters. The molecular weight excluding hydrogens is 218 g/mol. The van der Waals surface area contributed by atoms with Gasteiger partial charge >= 0.3 is 0 Å². The number of nitrogens with one attached hydrogen (secondary N) is 1. The van der Waals surface area contributed by atoms with Gasteiger partial charge in [-0.05, 0) is 19.4 Å². The molecule has 1 aromatic rings. The van der Waals surface area contributed by atoms with Crippen LogP contribution in [0.1, 0.15) is 18.1 Å². The molecule has 0 saturated carbocycles. The van der Waals surface area contributed by atoms with Crippen molar-refractivity contribution in [1.82, 2.24) is 10.2 Å². The Kier molecular flexibility index (Phi) is 3.03. The van der Waals surface area contributed by atoms with Crippen molar-refractivity contribution in [3.05, 3.63) is 23.7 Å². The number of guanidine groups is 2. The number of nitrogens with zero attached hydrogens (tertiary/aromatic N) is 3. The largest absolute Gasteiger partial charge is 0.472 e. The maximum atomic E-state index is 5.67. The highest BCUT2D eigenvalue weighted by Gasteiger charge is 2.15. The molecule has 6 nitrogen and oxygen atoms in total. The van der Waals surface area contributed by atoms with Crippen LogP contribution in [0.5, 0.6) is 0 Å². The minimum atomic E-state index is -0.140. The van der Waals surface area contributed by atoms with Crippen molar-refractivity contribution >= 4 is 11.9 Å². The maximum absolute atomic E-state index is 5.67. The third kappa shape index (κ3) is 2.58. The third-order valence-electron chi connectivity index (χ3n) is 2.61. The first-order chi connectivity index (χ1) is 8.06. The number of aliphatic imine (C=N–C) groups is 2. The lowest BCUT2D eigenvalue weighted by Crippen LogP contribution is -2.48. The van der Waals surface area contributed by atoms with Crippen molar-refractivity contribution in [3.63, 3.8) is 0 Å². The summed E-state index contributed by atoms with van der Waals surface area (Å²) in [6.07, 6.45) is 3.34. The number of hydrogen-bond donors (Lipinski definition) is 2. The quantitative estimate of drug-likeness (QED) is 0.788. The Morgan fingerprint density at radius 1 is 1.47 bits per heavy atom. The standard InChI is InChI=1S/C11H17N5O/c1-7-5-17-6-9(7)4-16(3)11-14-8(2)13-10(12)15-11/h5-6,8H,4H2,1-3H3,(H3,12,13,14,15). The van der Waals surface area contributed by atoms with Gasteiger partial charge < -0.3 is 15.1 Å². The molecule has 0 aliphatic carbocycles. The monoisotopic (exact) mass is 235 g/mol. The fourth-order valence-electron chi connectivity index (χ4n) is 1.66. The molecule has 3 N–H and O–H groups in total. The zero-order valence-electron chi connectivity index (χ0n) is 10.3. The summed E-state index contributed by atoms with van der Waals surface area (Å²) in [7, 11) is 1.95. The van der Waals surface area contributed by atoms with Gasteiger partial charge in [-0.3, -0.25) is 5.32 Å². The van der Waals surface area contributed by atoms with Crippen molar-refractivity contribution in [2.45, 2.75) is 26.6 Å². The smallest absolute Gasteiger partial charge is 0.202 e. The molecular formula is C11H17N5O. The highest BCUT2D eigenvalue weighted by Crippen LogP contribution is 2.11. The number of nitrogens with two attached hydrogens (primary N) is 1. The number of aryl methyl sites for hydroxylation is 1. The molecule has 0 amide bonds. The molecule has 2 rings (SSSR count). The average Bonchev–Trinajstić information content (AvgIpc) is 2.63. The lowest BCUT2D eigenvalue weighted by atomic mass is 10.2. The van der Waals surface area contributed by atoms with Gasteiger partial charge in [0.05, 0.1) is 12.5 Å². The summed E-state index contributed by atoms with van der Waals surface area (Å²) in [6.45, 7) is 4.63. The Morgan fingerprint density at radius 3 is 2.82 bits per heavy atom. The normalized spacial score (nSPS) is 19.4. The van der Waals surface area contributed by atoms with E-state index in [1.165, 1.54) is 0 Å². The second kappa shape index (κ2) is 4.48. The molecule has 1 aliphatic heterocycles. The Bertz CT molecular complexity index is 462. The molecule has 92 valence electrons. The third-order valence-corrected chi connectivity index (χ3v) is 2.61. The van der Waals surface area contributed by atoms with E-state index in [2.05, 4.69) is 15.3 Å². The van der Waals surface area contributed by atoms with E-state index in [0.29, 0.717) is 12.5 Å². The van der Waals surface area contributed by atoms with Crippen LogP contribution in [0.3, 0.4) is 0 Å². The molecule has 0 spiro atoms. The van der Waals surface area contributed by atoms with E-state index in [1.54, 1.807) is 12.5 Å². The van der Waals surface area contributed by atoms with Crippen molar-refractivity contribution in [2.24, 2.45) is 15.7 Å². The molecule has 0 radical (unpaired) electrons. The van der Waals surface area contributed by atoms with Crippen LogP contribution in [0.4, 0.5) is 0 Å². The lowest BCUT2D eigenvalue weighted by Gasteiger charge is -2.25. The van der Waals surface area contributed by atoms with Crippen LogP contribution in [0.15, 0.2) is 26.9 Å². The van der Waals surface area contributed by atoms with Gasteiger partial charge in [-0.1, -0.05) is 0 Å². The number of hydrogen-bond acceptors (Lipinski definition) is 6. The Hall–Kier alpha value is -1.98. The Labute approximate surface area is 100 Å². The highest BCUT2D eigenvalue weighted by molar-refractivity contribution is 5.99. The molecule has 0 aromatic carbocycles. The highest BCUT2D eigenvalue weighted by atomic mass is 16.3. The summed E-state index contributed by atoms with van der Waals surface area (Å²) in [5.74, 6) is 1.13. The molecule has 0 fully saturated rings. The number of rotatable bonds is 2. The minimum absolute atomic E-state index is 0.140. The minimum Gasteiger partial charge on any atom is -0.472 e. The molecule has 17 heavy (non-hydrogen) atoms. The zero-order valence-corrected chi connectivity index (χ0v) is 10.3. The van der Waals surface area contributed by atoms with Crippen LogP contribution in [0.2, 0.25) is 0 Å². The van der Waals surface area contributed by atoms with Crippen LogP contribution in [0, 0.1) is 6.92 Å². The predicted molar refractivity (Wildman–Crippen MR) is 66.6 cm³/mol. The Morgan fingerprint density at radius 2 is 2.24 bits per heavy atom. The van der Waals surface area contributed by atoms with Crippen molar-refractivity contribution < 1.29 is 4.42 Å². The SMILES string of the molecule is Cc1cocc1CN(C)C1=NC(C)N=C(N)N1. The lowest BCUT2D eigenvalue weighted by molar-refractivity contribution is 0.472. The molecule has 0 saturated heterocycles. The van der Waals surface area contributed by atoms with Crippen LogP contribution in [0.25, 0.3) is 0 Å². The molecule has 0 bridgehead atoms. The van der Waals surface area contributed by atoms with E-state index in [1.807, 2.05) is 25.8 Å². The second-order valence-corrected chi connectivity index (χ2v) is 4.16.